The lowest BCUT2D eigenvalue weighted by Crippen LogP contribution is -2.06. The third-order valence-electron chi connectivity index (χ3n) is 2.66. The molecule has 0 heterocycles. The van der Waals surface area contributed by atoms with Gasteiger partial charge in [0.15, 0.2) is 0 Å². The van der Waals surface area contributed by atoms with Crippen LogP contribution in [-0.2, 0) is 0 Å². The molecule has 0 spiro atoms. The Morgan fingerprint density at radius 3 is 2.62 bits per heavy atom. The summed E-state index contributed by atoms with van der Waals surface area (Å²) in [7, 11) is 0. The Morgan fingerprint density at radius 1 is 1.33 bits per heavy atom. The van der Waals surface area contributed by atoms with E-state index in [1.165, 1.54) is 30.3 Å². The van der Waals surface area contributed by atoms with E-state index in [1.807, 2.05) is 0 Å². The number of carboxylic acids is 1. The maximum atomic E-state index is 13.1. The predicted octanol–water partition coefficient (Wildman–Crippen LogP) is 3.83. The highest BCUT2D eigenvalue weighted by molar-refractivity contribution is 6.31. The molecular formula is C13H8ClFN2O4. The third kappa shape index (κ3) is 3.09. The number of carbonyl (C=O) groups is 1. The molecule has 2 aromatic rings. The Morgan fingerprint density at radius 2 is 2.05 bits per heavy atom. The number of hydrogen-bond acceptors (Lipinski definition) is 4. The fourth-order valence-electron chi connectivity index (χ4n) is 1.72. The first-order valence-electron chi connectivity index (χ1n) is 5.63. The zero-order valence-corrected chi connectivity index (χ0v) is 11.1. The predicted molar refractivity (Wildman–Crippen MR) is 74.7 cm³/mol. The van der Waals surface area contributed by atoms with Gasteiger partial charge >= 0.3 is 5.97 Å². The molecule has 0 amide bonds. The van der Waals surface area contributed by atoms with E-state index in [4.69, 9.17) is 16.7 Å². The minimum absolute atomic E-state index is 0.185. The van der Waals surface area contributed by atoms with Gasteiger partial charge in [0, 0.05) is 11.8 Å². The summed E-state index contributed by atoms with van der Waals surface area (Å²) in [5.41, 5.74) is -0.643. The second-order valence-corrected chi connectivity index (χ2v) is 4.42. The molecule has 6 nitrogen and oxygen atoms in total. The monoisotopic (exact) mass is 310 g/mol. The van der Waals surface area contributed by atoms with Crippen molar-refractivity contribution in [2.24, 2.45) is 0 Å². The molecule has 0 unspecified atom stereocenters. The topological polar surface area (TPSA) is 92.5 Å². The van der Waals surface area contributed by atoms with Crippen LogP contribution in [-0.4, -0.2) is 16.0 Å². The van der Waals surface area contributed by atoms with Crippen LogP contribution < -0.4 is 5.32 Å². The molecule has 0 fully saturated rings. The van der Waals surface area contributed by atoms with Crippen molar-refractivity contribution in [1.29, 1.82) is 0 Å². The van der Waals surface area contributed by atoms with E-state index in [1.54, 1.807) is 0 Å². The van der Waals surface area contributed by atoms with E-state index < -0.39 is 22.4 Å². The van der Waals surface area contributed by atoms with Crippen molar-refractivity contribution in [2.45, 2.75) is 0 Å². The lowest BCUT2D eigenvalue weighted by molar-refractivity contribution is -0.383. The summed E-state index contributed by atoms with van der Waals surface area (Å²) in [6.07, 6.45) is 0. The van der Waals surface area contributed by atoms with Crippen LogP contribution in [0.5, 0.6) is 0 Å². The zero-order chi connectivity index (χ0) is 15.6. The van der Waals surface area contributed by atoms with Gasteiger partial charge in [0.1, 0.15) is 11.5 Å². The van der Waals surface area contributed by atoms with Crippen LogP contribution in [0.25, 0.3) is 0 Å². The molecule has 0 aliphatic rings. The molecule has 0 bridgehead atoms. The smallest absolute Gasteiger partial charge is 0.338 e. The Kier molecular flexibility index (Phi) is 4.04. The third-order valence-corrected chi connectivity index (χ3v) is 2.95. The van der Waals surface area contributed by atoms with Crippen molar-refractivity contribution in [3.63, 3.8) is 0 Å². The van der Waals surface area contributed by atoms with E-state index in [0.717, 1.165) is 6.07 Å². The van der Waals surface area contributed by atoms with Crippen LogP contribution in [0.1, 0.15) is 10.4 Å². The van der Waals surface area contributed by atoms with Crippen LogP contribution in [0.15, 0.2) is 36.4 Å². The SMILES string of the molecule is O=C(O)c1cccc([N+](=O)[O-])c1Nc1ccc(F)c(Cl)c1. The summed E-state index contributed by atoms with van der Waals surface area (Å²) in [5, 5.41) is 22.5. The number of nitrogens with zero attached hydrogens (tertiary/aromatic N) is 1. The minimum Gasteiger partial charge on any atom is -0.478 e. The Labute approximate surface area is 122 Å². The number of hydrogen-bond donors (Lipinski definition) is 2. The summed E-state index contributed by atoms with van der Waals surface area (Å²) in [5.74, 6) is -1.97. The first-order valence-corrected chi connectivity index (χ1v) is 6.00. The van der Waals surface area contributed by atoms with E-state index in [0.29, 0.717) is 0 Å². The molecule has 2 rings (SSSR count). The van der Waals surface area contributed by atoms with Crippen LogP contribution >= 0.6 is 11.6 Å². The van der Waals surface area contributed by atoms with Crippen LogP contribution in [0.2, 0.25) is 5.02 Å². The number of nitro benzene ring substituents is 1. The molecule has 0 saturated carbocycles. The quantitative estimate of drug-likeness (QED) is 0.661. The molecule has 0 radical (unpaired) electrons. The highest BCUT2D eigenvalue weighted by Crippen LogP contribution is 2.32. The number of rotatable bonds is 4. The number of halogens is 2. The molecule has 108 valence electrons. The summed E-state index contributed by atoms with van der Waals surface area (Å²) in [4.78, 5) is 21.4. The number of para-hydroxylation sites is 1. The first kappa shape index (κ1) is 14.7. The van der Waals surface area contributed by atoms with Gasteiger partial charge in [-0.15, -0.1) is 0 Å². The van der Waals surface area contributed by atoms with Crippen molar-refractivity contribution in [3.05, 3.63) is 62.9 Å². The maximum Gasteiger partial charge on any atom is 0.338 e. The molecule has 21 heavy (non-hydrogen) atoms. The second-order valence-electron chi connectivity index (χ2n) is 4.02. The maximum absolute atomic E-state index is 13.1. The molecule has 0 aliphatic heterocycles. The van der Waals surface area contributed by atoms with Gasteiger partial charge in [0.2, 0.25) is 0 Å². The van der Waals surface area contributed by atoms with Gasteiger partial charge in [-0.3, -0.25) is 10.1 Å². The summed E-state index contributed by atoms with van der Waals surface area (Å²) in [6, 6.07) is 7.23. The van der Waals surface area contributed by atoms with E-state index in [2.05, 4.69) is 5.32 Å². The van der Waals surface area contributed by atoms with Crippen molar-refractivity contribution in [1.82, 2.24) is 0 Å². The Balaban J connectivity index is 2.53. The average Bonchev–Trinajstić information content (AvgIpc) is 2.42. The van der Waals surface area contributed by atoms with Gasteiger partial charge < -0.3 is 10.4 Å². The number of aromatic carboxylic acids is 1. The molecule has 2 N–H and O–H groups in total. The number of carboxylic acid groups (broad SMARTS) is 1. The minimum atomic E-state index is -1.32. The average molecular weight is 311 g/mol. The second kappa shape index (κ2) is 5.76. The summed E-state index contributed by atoms with van der Waals surface area (Å²) >= 11 is 5.62. The number of benzene rings is 2. The van der Waals surface area contributed by atoms with Crippen LogP contribution in [0, 0.1) is 15.9 Å². The lowest BCUT2D eigenvalue weighted by Gasteiger charge is -2.10. The standard InChI is InChI=1S/C13H8ClFN2O4/c14-9-6-7(4-5-10(9)15)16-12-8(13(18)19)2-1-3-11(12)17(20)21/h1-6,16H,(H,18,19). The number of nitrogens with one attached hydrogen (secondary N) is 1. The molecule has 8 heteroatoms. The largest absolute Gasteiger partial charge is 0.478 e. The van der Waals surface area contributed by atoms with Gasteiger partial charge in [-0.2, -0.15) is 0 Å². The molecular weight excluding hydrogens is 303 g/mol. The van der Waals surface area contributed by atoms with E-state index in [9.17, 15) is 19.3 Å². The number of nitro groups is 1. The van der Waals surface area contributed by atoms with Gasteiger partial charge in [-0.05, 0) is 24.3 Å². The zero-order valence-electron chi connectivity index (χ0n) is 10.3. The number of anilines is 2. The van der Waals surface area contributed by atoms with Gasteiger partial charge in [0.25, 0.3) is 5.69 Å². The Hall–Kier alpha value is -2.67. The summed E-state index contributed by atoms with van der Waals surface area (Å²) < 4.78 is 13.1. The van der Waals surface area contributed by atoms with Gasteiger partial charge in [-0.25, -0.2) is 9.18 Å². The first-order chi connectivity index (χ1) is 9.90. The van der Waals surface area contributed by atoms with Gasteiger partial charge in [0.05, 0.1) is 15.5 Å². The van der Waals surface area contributed by atoms with E-state index in [-0.39, 0.29) is 22.0 Å². The Bertz CT molecular complexity index is 704. The fourth-order valence-corrected chi connectivity index (χ4v) is 1.90. The van der Waals surface area contributed by atoms with Gasteiger partial charge in [-0.1, -0.05) is 17.7 Å². The highest BCUT2D eigenvalue weighted by Gasteiger charge is 2.21. The molecule has 0 saturated heterocycles. The van der Waals surface area contributed by atoms with Crippen molar-refractivity contribution in [2.75, 3.05) is 5.32 Å². The normalized spacial score (nSPS) is 10.2. The fraction of sp³-hybridized carbons (Fsp3) is 0. The van der Waals surface area contributed by atoms with E-state index >= 15 is 0 Å². The van der Waals surface area contributed by atoms with Crippen LogP contribution in [0.3, 0.4) is 0 Å². The molecule has 0 aliphatic carbocycles. The lowest BCUT2D eigenvalue weighted by atomic mass is 10.1. The van der Waals surface area contributed by atoms with Crippen molar-refractivity contribution in [3.8, 4) is 0 Å². The molecule has 0 atom stereocenters. The van der Waals surface area contributed by atoms with Crippen LogP contribution in [0.4, 0.5) is 21.5 Å². The highest BCUT2D eigenvalue weighted by atomic mass is 35.5. The van der Waals surface area contributed by atoms with Crippen molar-refractivity contribution >= 4 is 34.6 Å². The molecule has 0 aromatic heterocycles. The van der Waals surface area contributed by atoms with Crippen molar-refractivity contribution < 1.29 is 19.2 Å². The summed E-state index contributed by atoms with van der Waals surface area (Å²) in [6.45, 7) is 0. The molecule has 2 aromatic carbocycles.